The molecule has 1 aliphatic rings. The standard InChI is InChI=1S/C21H27N5O2/c1-14(2)28-16-7-6-15(3)17(10-16)21(22-4)18-11-19(24-13-23-18)26-9-8-25(5)20(27)12-26/h6-7,10-11,13-14H,8-9,12H2,1-5H3. The summed E-state index contributed by atoms with van der Waals surface area (Å²) < 4.78 is 5.84. The van der Waals surface area contributed by atoms with E-state index < -0.39 is 0 Å². The van der Waals surface area contributed by atoms with Gasteiger partial charge in [-0.2, -0.15) is 0 Å². The first kappa shape index (κ1) is 19.8. The highest BCUT2D eigenvalue weighted by Gasteiger charge is 2.23. The average Bonchev–Trinajstić information content (AvgIpc) is 2.67. The van der Waals surface area contributed by atoms with Gasteiger partial charge in [-0.15, -0.1) is 0 Å². The maximum Gasteiger partial charge on any atom is 0.241 e. The maximum absolute atomic E-state index is 12.0. The number of nitrogens with zero attached hydrogens (tertiary/aromatic N) is 5. The number of benzene rings is 1. The Hall–Kier alpha value is -2.96. The third kappa shape index (κ3) is 4.30. The van der Waals surface area contributed by atoms with Gasteiger partial charge in [0.1, 0.15) is 17.9 Å². The quantitative estimate of drug-likeness (QED) is 0.744. The summed E-state index contributed by atoms with van der Waals surface area (Å²) in [6.45, 7) is 7.79. The van der Waals surface area contributed by atoms with Gasteiger partial charge in [-0.25, -0.2) is 9.97 Å². The molecule has 0 radical (unpaired) electrons. The summed E-state index contributed by atoms with van der Waals surface area (Å²) in [5.41, 5.74) is 3.56. The number of piperazine rings is 1. The second kappa shape index (κ2) is 8.37. The molecule has 1 saturated heterocycles. The highest BCUT2D eigenvalue weighted by Crippen LogP contribution is 2.23. The molecule has 3 rings (SSSR count). The molecule has 0 N–H and O–H groups in total. The van der Waals surface area contributed by atoms with E-state index in [1.54, 1.807) is 11.9 Å². The van der Waals surface area contributed by atoms with Crippen molar-refractivity contribution in [3.63, 3.8) is 0 Å². The molecule has 0 aliphatic carbocycles. The Morgan fingerprint density at radius 3 is 2.68 bits per heavy atom. The SMILES string of the molecule is CN=C(c1cc(N2CCN(C)C(=O)C2)ncn1)c1cc(OC(C)C)ccc1C. The van der Waals surface area contributed by atoms with E-state index in [4.69, 9.17) is 4.74 Å². The number of aromatic nitrogens is 2. The molecule has 2 aromatic rings. The van der Waals surface area contributed by atoms with Crippen molar-refractivity contribution in [2.75, 3.05) is 38.6 Å². The van der Waals surface area contributed by atoms with E-state index in [0.717, 1.165) is 40.6 Å². The molecule has 0 saturated carbocycles. The molecular formula is C21H27N5O2. The number of amides is 1. The second-order valence-electron chi connectivity index (χ2n) is 7.21. The molecular weight excluding hydrogens is 354 g/mol. The predicted octanol–water partition coefficient (Wildman–Crippen LogP) is 2.32. The summed E-state index contributed by atoms with van der Waals surface area (Å²) in [4.78, 5) is 29.1. The van der Waals surface area contributed by atoms with Gasteiger partial charge >= 0.3 is 0 Å². The zero-order valence-electron chi connectivity index (χ0n) is 17.1. The zero-order chi connectivity index (χ0) is 20.3. The van der Waals surface area contributed by atoms with Crippen molar-refractivity contribution in [2.45, 2.75) is 26.9 Å². The Kier molecular flexibility index (Phi) is 5.92. The zero-order valence-corrected chi connectivity index (χ0v) is 17.1. The summed E-state index contributed by atoms with van der Waals surface area (Å²) in [7, 11) is 3.58. The Balaban J connectivity index is 1.93. The topological polar surface area (TPSA) is 70.9 Å². The number of carbonyl (C=O) groups is 1. The number of likely N-dealkylation sites (N-methyl/N-ethyl adjacent to an activating group) is 1. The largest absolute Gasteiger partial charge is 0.491 e. The van der Waals surface area contributed by atoms with Gasteiger partial charge in [0.25, 0.3) is 0 Å². The van der Waals surface area contributed by atoms with E-state index in [1.807, 2.05) is 57.0 Å². The molecule has 1 aromatic carbocycles. The Labute approximate surface area is 166 Å². The summed E-state index contributed by atoms with van der Waals surface area (Å²) in [6, 6.07) is 7.89. The minimum absolute atomic E-state index is 0.0881. The summed E-state index contributed by atoms with van der Waals surface area (Å²) in [5, 5.41) is 0. The fraction of sp³-hybridized carbons (Fsp3) is 0.429. The van der Waals surface area contributed by atoms with Gasteiger partial charge in [0.05, 0.1) is 24.1 Å². The van der Waals surface area contributed by atoms with E-state index in [2.05, 4.69) is 15.0 Å². The van der Waals surface area contributed by atoms with Crippen molar-refractivity contribution in [2.24, 2.45) is 4.99 Å². The van der Waals surface area contributed by atoms with Gasteiger partial charge < -0.3 is 14.5 Å². The fourth-order valence-electron chi connectivity index (χ4n) is 3.18. The van der Waals surface area contributed by atoms with Gasteiger partial charge in [0.2, 0.25) is 5.91 Å². The van der Waals surface area contributed by atoms with Gasteiger partial charge in [-0.1, -0.05) is 6.07 Å². The van der Waals surface area contributed by atoms with Gasteiger partial charge in [-0.05, 0) is 38.5 Å². The lowest BCUT2D eigenvalue weighted by Crippen LogP contribution is -2.48. The van der Waals surface area contributed by atoms with Crippen LogP contribution >= 0.6 is 0 Å². The van der Waals surface area contributed by atoms with Crippen molar-refractivity contribution in [1.82, 2.24) is 14.9 Å². The lowest BCUT2D eigenvalue weighted by molar-refractivity contribution is -0.129. The van der Waals surface area contributed by atoms with Crippen molar-refractivity contribution in [3.8, 4) is 5.75 Å². The normalized spacial score (nSPS) is 15.4. The van der Waals surface area contributed by atoms with Crippen molar-refractivity contribution in [1.29, 1.82) is 0 Å². The summed E-state index contributed by atoms with van der Waals surface area (Å²) in [6.07, 6.45) is 1.63. The van der Waals surface area contributed by atoms with Crippen LogP contribution in [-0.2, 0) is 4.79 Å². The minimum atomic E-state index is 0.0881. The molecule has 28 heavy (non-hydrogen) atoms. The molecule has 0 bridgehead atoms. The number of anilines is 1. The van der Waals surface area contributed by atoms with Gasteiger partial charge in [0, 0.05) is 38.8 Å². The highest BCUT2D eigenvalue weighted by molar-refractivity contribution is 6.13. The number of ether oxygens (including phenoxy) is 1. The van der Waals surface area contributed by atoms with Crippen LogP contribution in [0, 0.1) is 6.92 Å². The molecule has 1 aromatic heterocycles. The molecule has 7 heteroatoms. The third-order valence-corrected chi connectivity index (χ3v) is 4.74. The van der Waals surface area contributed by atoms with Crippen LogP contribution in [0.15, 0.2) is 35.6 Å². The van der Waals surface area contributed by atoms with E-state index in [-0.39, 0.29) is 12.0 Å². The van der Waals surface area contributed by atoms with Crippen LogP contribution < -0.4 is 9.64 Å². The lowest BCUT2D eigenvalue weighted by atomic mass is 10.0. The van der Waals surface area contributed by atoms with E-state index in [9.17, 15) is 4.79 Å². The predicted molar refractivity (Wildman–Crippen MR) is 110 cm³/mol. The molecule has 0 spiro atoms. The fourth-order valence-corrected chi connectivity index (χ4v) is 3.18. The van der Waals surface area contributed by atoms with Crippen molar-refractivity contribution in [3.05, 3.63) is 47.4 Å². The van der Waals surface area contributed by atoms with Crippen LogP contribution in [0.4, 0.5) is 5.82 Å². The smallest absolute Gasteiger partial charge is 0.241 e. The number of hydrogen-bond acceptors (Lipinski definition) is 6. The van der Waals surface area contributed by atoms with E-state index in [1.165, 1.54) is 6.33 Å². The average molecular weight is 381 g/mol. The molecule has 148 valence electrons. The third-order valence-electron chi connectivity index (χ3n) is 4.74. The van der Waals surface area contributed by atoms with Crippen LogP contribution in [0.5, 0.6) is 5.75 Å². The Morgan fingerprint density at radius 1 is 1.21 bits per heavy atom. The molecule has 1 fully saturated rings. The first-order valence-corrected chi connectivity index (χ1v) is 9.45. The van der Waals surface area contributed by atoms with Crippen molar-refractivity contribution >= 4 is 17.4 Å². The Morgan fingerprint density at radius 2 is 2.00 bits per heavy atom. The summed E-state index contributed by atoms with van der Waals surface area (Å²) >= 11 is 0. The first-order chi connectivity index (χ1) is 13.4. The maximum atomic E-state index is 12.0. The number of rotatable bonds is 5. The number of aliphatic imine (C=N–C) groups is 1. The molecule has 1 aliphatic heterocycles. The van der Waals surface area contributed by atoms with E-state index in [0.29, 0.717) is 13.1 Å². The highest BCUT2D eigenvalue weighted by atomic mass is 16.5. The minimum Gasteiger partial charge on any atom is -0.491 e. The molecule has 0 atom stereocenters. The lowest BCUT2D eigenvalue weighted by Gasteiger charge is -2.32. The van der Waals surface area contributed by atoms with Crippen molar-refractivity contribution < 1.29 is 9.53 Å². The van der Waals surface area contributed by atoms with Crippen LogP contribution in [-0.4, -0.2) is 66.3 Å². The number of hydrogen-bond donors (Lipinski definition) is 0. The second-order valence-corrected chi connectivity index (χ2v) is 7.21. The van der Waals surface area contributed by atoms with Crippen LogP contribution in [0.3, 0.4) is 0 Å². The Bertz CT molecular complexity index is 894. The molecule has 2 heterocycles. The number of aryl methyl sites for hydroxylation is 1. The monoisotopic (exact) mass is 381 g/mol. The first-order valence-electron chi connectivity index (χ1n) is 9.45. The summed E-state index contributed by atoms with van der Waals surface area (Å²) in [5.74, 6) is 1.63. The molecule has 0 unspecified atom stereocenters. The molecule has 1 amide bonds. The van der Waals surface area contributed by atoms with Gasteiger partial charge in [-0.3, -0.25) is 9.79 Å². The van der Waals surface area contributed by atoms with Crippen LogP contribution in [0.1, 0.15) is 30.7 Å². The molecule has 7 nitrogen and oxygen atoms in total. The van der Waals surface area contributed by atoms with Crippen LogP contribution in [0.2, 0.25) is 0 Å². The van der Waals surface area contributed by atoms with Crippen LogP contribution in [0.25, 0.3) is 0 Å². The van der Waals surface area contributed by atoms with Gasteiger partial charge in [0.15, 0.2) is 0 Å². The van der Waals surface area contributed by atoms with E-state index >= 15 is 0 Å². The number of carbonyl (C=O) groups excluding carboxylic acids is 1.